The zero-order chi connectivity index (χ0) is 11.6. The van der Waals surface area contributed by atoms with Gasteiger partial charge in [0.15, 0.2) is 0 Å². The van der Waals surface area contributed by atoms with Crippen LogP contribution < -0.4 is 5.56 Å². The second-order valence-corrected chi connectivity index (χ2v) is 3.24. The fourth-order valence-electron chi connectivity index (χ4n) is 1.48. The van der Waals surface area contributed by atoms with E-state index in [9.17, 15) is 9.59 Å². The second kappa shape index (κ2) is 4.01. The van der Waals surface area contributed by atoms with Gasteiger partial charge in [0.25, 0.3) is 5.56 Å². The Bertz CT molecular complexity index is 506. The average molecular weight is 205 g/mol. The van der Waals surface area contributed by atoms with Crippen LogP contribution in [0.2, 0.25) is 0 Å². The maximum atomic E-state index is 11.7. The molecule has 0 unspecified atom stereocenters. The van der Waals surface area contributed by atoms with E-state index in [0.29, 0.717) is 11.3 Å². The Labute approximate surface area is 87.2 Å². The van der Waals surface area contributed by atoms with Crippen LogP contribution >= 0.6 is 0 Å². The van der Waals surface area contributed by atoms with Crippen molar-refractivity contribution in [3.63, 3.8) is 0 Å². The highest BCUT2D eigenvalue weighted by Crippen LogP contribution is 2.05. The molecular formula is C11H11NO3. The zero-order valence-electron chi connectivity index (χ0n) is 8.57. The number of rotatable bonds is 2. The van der Waals surface area contributed by atoms with Gasteiger partial charge < -0.3 is 9.67 Å². The number of carboxylic acid groups (broad SMARTS) is 1. The van der Waals surface area contributed by atoms with Crippen LogP contribution in [0.15, 0.2) is 10.9 Å². The first-order chi connectivity index (χ1) is 6.99. The van der Waals surface area contributed by atoms with E-state index in [1.807, 2.05) is 0 Å². The number of aromatic nitrogens is 1. The number of hydrogen-bond acceptors (Lipinski definition) is 2. The molecule has 78 valence electrons. The molecule has 0 bridgehead atoms. The lowest BCUT2D eigenvalue weighted by Gasteiger charge is -2.09. The lowest BCUT2D eigenvalue weighted by molar-refractivity contribution is 0.0693. The number of nitrogens with zero attached hydrogens (tertiary/aromatic N) is 1. The van der Waals surface area contributed by atoms with Crippen molar-refractivity contribution in [3.05, 3.63) is 33.2 Å². The molecule has 1 heterocycles. The third-order valence-corrected chi connectivity index (χ3v) is 2.17. The van der Waals surface area contributed by atoms with Crippen LogP contribution in [-0.2, 0) is 6.54 Å². The van der Waals surface area contributed by atoms with Crippen molar-refractivity contribution in [2.75, 3.05) is 0 Å². The molecule has 4 heteroatoms. The topological polar surface area (TPSA) is 59.3 Å². The first-order valence-corrected chi connectivity index (χ1v) is 4.36. The molecule has 0 aliphatic rings. The van der Waals surface area contributed by atoms with Gasteiger partial charge >= 0.3 is 5.97 Å². The third-order valence-electron chi connectivity index (χ3n) is 2.17. The average Bonchev–Trinajstić information content (AvgIpc) is 2.11. The number of carbonyl (C=O) groups is 1. The van der Waals surface area contributed by atoms with Crippen LogP contribution in [-0.4, -0.2) is 15.6 Å². The highest BCUT2D eigenvalue weighted by Gasteiger charge is 2.15. The van der Waals surface area contributed by atoms with Crippen molar-refractivity contribution < 1.29 is 9.90 Å². The maximum Gasteiger partial charge on any atom is 0.341 e. The zero-order valence-corrected chi connectivity index (χ0v) is 8.57. The molecule has 15 heavy (non-hydrogen) atoms. The van der Waals surface area contributed by atoms with E-state index in [4.69, 9.17) is 11.5 Å². The minimum absolute atomic E-state index is 0.0885. The molecule has 1 aromatic rings. The highest BCUT2D eigenvalue weighted by molar-refractivity contribution is 5.88. The van der Waals surface area contributed by atoms with Crippen LogP contribution in [0.4, 0.5) is 0 Å². The Balaban J connectivity index is 3.58. The highest BCUT2D eigenvalue weighted by atomic mass is 16.4. The Morgan fingerprint density at radius 2 is 2.20 bits per heavy atom. The molecule has 0 radical (unpaired) electrons. The summed E-state index contributed by atoms with van der Waals surface area (Å²) in [6.07, 6.45) is 5.11. The lowest BCUT2D eigenvalue weighted by atomic mass is 10.1. The van der Waals surface area contributed by atoms with Crippen LogP contribution in [0.5, 0.6) is 0 Å². The van der Waals surface area contributed by atoms with E-state index in [0.717, 1.165) is 0 Å². The van der Waals surface area contributed by atoms with E-state index in [2.05, 4.69) is 5.92 Å². The van der Waals surface area contributed by atoms with Gasteiger partial charge in [0.05, 0.1) is 6.54 Å². The molecule has 4 nitrogen and oxygen atoms in total. The summed E-state index contributed by atoms with van der Waals surface area (Å²) >= 11 is 0. The Kier molecular flexibility index (Phi) is 2.96. The minimum Gasteiger partial charge on any atom is -0.477 e. The van der Waals surface area contributed by atoms with E-state index >= 15 is 0 Å². The first kappa shape index (κ1) is 11.1. The quantitative estimate of drug-likeness (QED) is 0.726. The smallest absolute Gasteiger partial charge is 0.341 e. The molecular weight excluding hydrogens is 194 g/mol. The molecule has 0 spiro atoms. The van der Waals surface area contributed by atoms with Crippen molar-refractivity contribution in [1.29, 1.82) is 0 Å². The first-order valence-electron chi connectivity index (χ1n) is 4.36. The van der Waals surface area contributed by atoms with Crippen molar-refractivity contribution in [2.24, 2.45) is 0 Å². The summed E-state index contributed by atoms with van der Waals surface area (Å²) in [5.41, 5.74) is 0.368. The van der Waals surface area contributed by atoms with Crippen LogP contribution in [0.25, 0.3) is 0 Å². The van der Waals surface area contributed by atoms with E-state index < -0.39 is 11.5 Å². The molecule has 0 aromatic carbocycles. The Morgan fingerprint density at radius 1 is 1.60 bits per heavy atom. The molecule has 1 rings (SSSR count). The fourth-order valence-corrected chi connectivity index (χ4v) is 1.48. The SMILES string of the molecule is C#CCn1c(C)cc(C)c(C(=O)O)c1=O. The van der Waals surface area contributed by atoms with E-state index in [1.165, 1.54) is 4.57 Å². The maximum absolute atomic E-state index is 11.7. The van der Waals surface area contributed by atoms with Crippen molar-refractivity contribution in [1.82, 2.24) is 4.57 Å². The van der Waals surface area contributed by atoms with Gasteiger partial charge in [-0.1, -0.05) is 5.92 Å². The molecule has 0 saturated carbocycles. The Morgan fingerprint density at radius 3 is 2.67 bits per heavy atom. The van der Waals surface area contributed by atoms with Crippen LogP contribution in [0.1, 0.15) is 21.6 Å². The van der Waals surface area contributed by atoms with Gasteiger partial charge in [-0.3, -0.25) is 4.79 Å². The summed E-state index contributed by atoms with van der Waals surface area (Å²) in [7, 11) is 0. The van der Waals surface area contributed by atoms with Gasteiger partial charge in [0.2, 0.25) is 0 Å². The predicted molar refractivity (Wildman–Crippen MR) is 56.0 cm³/mol. The number of aryl methyl sites for hydroxylation is 2. The normalized spacial score (nSPS) is 9.67. The van der Waals surface area contributed by atoms with Gasteiger partial charge in [-0.2, -0.15) is 0 Å². The van der Waals surface area contributed by atoms with Crippen molar-refractivity contribution in [2.45, 2.75) is 20.4 Å². The molecule has 0 amide bonds. The molecule has 0 atom stereocenters. The van der Waals surface area contributed by atoms with Crippen LogP contribution in [0, 0.1) is 26.2 Å². The van der Waals surface area contributed by atoms with Gasteiger partial charge in [0.1, 0.15) is 5.56 Å². The van der Waals surface area contributed by atoms with E-state index in [-0.39, 0.29) is 12.1 Å². The monoisotopic (exact) mass is 205 g/mol. The van der Waals surface area contributed by atoms with Crippen molar-refractivity contribution >= 4 is 5.97 Å². The third kappa shape index (κ3) is 1.91. The number of pyridine rings is 1. The summed E-state index contributed by atoms with van der Waals surface area (Å²) in [4.78, 5) is 22.6. The summed E-state index contributed by atoms with van der Waals surface area (Å²) in [5.74, 6) is 1.10. The Hall–Kier alpha value is -2.02. The van der Waals surface area contributed by atoms with Crippen LogP contribution in [0.3, 0.4) is 0 Å². The fraction of sp³-hybridized carbons (Fsp3) is 0.273. The number of hydrogen-bond donors (Lipinski definition) is 1. The summed E-state index contributed by atoms with van der Waals surface area (Å²) in [5, 5.41) is 8.87. The summed E-state index contributed by atoms with van der Waals surface area (Å²) in [6, 6.07) is 1.64. The molecule has 1 N–H and O–H groups in total. The van der Waals surface area contributed by atoms with Gasteiger partial charge in [-0.05, 0) is 25.5 Å². The van der Waals surface area contributed by atoms with Gasteiger partial charge in [0, 0.05) is 5.69 Å². The summed E-state index contributed by atoms with van der Waals surface area (Å²) < 4.78 is 1.27. The lowest BCUT2D eigenvalue weighted by Crippen LogP contribution is -2.29. The largest absolute Gasteiger partial charge is 0.477 e. The van der Waals surface area contributed by atoms with E-state index in [1.54, 1.807) is 19.9 Å². The van der Waals surface area contributed by atoms with Gasteiger partial charge in [-0.15, -0.1) is 6.42 Å². The van der Waals surface area contributed by atoms with Crippen molar-refractivity contribution in [3.8, 4) is 12.3 Å². The summed E-state index contributed by atoms with van der Waals surface area (Å²) in [6.45, 7) is 3.40. The van der Waals surface area contributed by atoms with Gasteiger partial charge in [-0.25, -0.2) is 4.79 Å². The molecule has 0 aliphatic carbocycles. The standard InChI is InChI=1S/C11H11NO3/c1-4-5-12-8(3)6-7(2)9(10(12)13)11(14)15/h1,6H,5H2,2-3H3,(H,14,15). The molecule has 1 aromatic heterocycles. The molecule has 0 saturated heterocycles. The number of aromatic carboxylic acids is 1. The number of carboxylic acids is 1. The number of terminal acetylenes is 1. The second-order valence-electron chi connectivity index (χ2n) is 3.24. The predicted octanol–water partition coefficient (Wildman–Crippen LogP) is 0.797. The molecule has 0 aliphatic heterocycles. The minimum atomic E-state index is -1.22. The molecule has 0 fully saturated rings.